The number of carbonyl (C=O) groups excluding carboxylic acids is 2. The number of nitrogen functional groups attached to an aromatic ring is 1. The fourth-order valence-corrected chi connectivity index (χ4v) is 4.61. The minimum absolute atomic E-state index is 0. The van der Waals surface area contributed by atoms with Crippen molar-refractivity contribution in [2.24, 2.45) is 0 Å². The first-order valence-electron chi connectivity index (χ1n) is 10.3. The molecule has 13 heteroatoms. The molecule has 4 rings (SSSR count). The van der Waals surface area contributed by atoms with Gasteiger partial charge in [0.15, 0.2) is 0 Å². The van der Waals surface area contributed by atoms with E-state index in [9.17, 15) is 9.59 Å². The van der Waals surface area contributed by atoms with E-state index in [1.54, 1.807) is 26.0 Å². The van der Waals surface area contributed by atoms with E-state index in [-0.39, 0.29) is 41.8 Å². The summed E-state index contributed by atoms with van der Waals surface area (Å²) in [5.41, 5.74) is 10.7. The van der Waals surface area contributed by atoms with Crippen LogP contribution in [0.1, 0.15) is 25.2 Å². The van der Waals surface area contributed by atoms with E-state index < -0.39 is 0 Å². The predicted molar refractivity (Wildman–Crippen MR) is 132 cm³/mol. The molecule has 0 radical (unpaired) electrons. The van der Waals surface area contributed by atoms with Crippen molar-refractivity contribution in [3.8, 4) is 0 Å². The summed E-state index contributed by atoms with van der Waals surface area (Å²) in [5.74, 6) is -0.557. The van der Waals surface area contributed by atoms with E-state index in [1.807, 2.05) is 24.3 Å². The van der Waals surface area contributed by atoms with E-state index in [0.29, 0.717) is 30.3 Å². The predicted octanol–water partition coefficient (Wildman–Crippen LogP) is 4.20. The second-order valence-corrected chi connectivity index (χ2v) is 8.49. The molecule has 2 heterocycles. The molecule has 0 bridgehead atoms. The monoisotopic (exact) mass is 560 g/mol. The van der Waals surface area contributed by atoms with Gasteiger partial charge in [0.05, 0.1) is 52.5 Å². The number of aromatic nitrogens is 2. The first kappa shape index (κ1) is 28.4. The maximum absolute atomic E-state index is 11.4. The Morgan fingerprint density at radius 1 is 0.914 bits per heavy atom. The van der Waals surface area contributed by atoms with Crippen molar-refractivity contribution >= 4 is 66.6 Å². The number of fused-ring (bicyclic) bond motifs is 2. The van der Waals surface area contributed by atoms with Gasteiger partial charge in [-0.3, -0.25) is 9.59 Å². The number of hydrogen-bond acceptors (Lipinski definition) is 12. The number of carbonyl (C=O) groups is 2. The van der Waals surface area contributed by atoms with Crippen LogP contribution in [-0.4, -0.2) is 39.2 Å². The molecule has 0 amide bonds. The molecule has 0 aliphatic heterocycles. The molecule has 0 spiro atoms. The largest absolute Gasteiger partial charge is 0.466 e. The zero-order valence-electron chi connectivity index (χ0n) is 18.9. The van der Waals surface area contributed by atoms with Gasteiger partial charge in [-0.1, -0.05) is 0 Å². The van der Waals surface area contributed by atoms with Gasteiger partial charge in [-0.25, -0.2) is 10.7 Å². The molecule has 0 unspecified atom stereocenters. The number of rotatable bonds is 8. The molecule has 35 heavy (non-hydrogen) atoms. The molecule has 10 nitrogen and oxygen atoms in total. The number of nitrogens with one attached hydrogen (secondary N) is 1. The average Bonchev–Trinajstić information content (AvgIpc) is 3.38. The Labute approximate surface area is 220 Å². The Morgan fingerprint density at radius 2 is 1.43 bits per heavy atom. The minimum Gasteiger partial charge on any atom is -0.466 e. The fraction of sp³-hybridized carbons (Fsp3) is 0.273. The van der Waals surface area contributed by atoms with Crippen molar-refractivity contribution in [1.29, 1.82) is 0 Å². The van der Waals surface area contributed by atoms with Crippen molar-refractivity contribution < 1.29 is 46.4 Å². The summed E-state index contributed by atoms with van der Waals surface area (Å²) in [5, 5.41) is 10.1. The number of hydrogen-bond donors (Lipinski definition) is 3. The number of nitrogens with two attached hydrogens (primary N) is 1. The molecule has 188 valence electrons. The maximum Gasteiger partial charge on any atom is 0.311 e. The van der Waals surface area contributed by atoms with Gasteiger partial charge >= 0.3 is 11.9 Å². The van der Waals surface area contributed by atoms with Gasteiger partial charge in [0, 0.05) is 33.5 Å². The van der Waals surface area contributed by atoms with E-state index >= 15 is 0 Å². The van der Waals surface area contributed by atoms with Gasteiger partial charge in [0.2, 0.25) is 0 Å². The summed E-state index contributed by atoms with van der Waals surface area (Å²) >= 11 is 2.68. The van der Waals surface area contributed by atoms with Gasteiger partial charge in [-0.15, -0.1) is 4.99 Å². The van der Waals surface area contributed by atoms with Crippen molar-refractivity contribution in [3.05, 3.63) is 47.8 Å². The van der Waals surface area contributed by atoms with Crippen LogP contribution >= 0.6 is 23.1 Å². The summed E-state index contributed by atoms with van der Waals surface area (Å²) in [7, 11) is 0. The third-order valence-electron chi connectivity index (χ3n) is 4.51. The number of benzene rings is 2. The Kier molecular flexibility index (Phi) is 11.3. The molecule has 2 aromatic carbocycles. The Morgan fingerprint density at radius 3 is 1.94 bits per heavy atom. The molecule has 0 saturated carbocycles. The summed E-state index contributed by atoms with van der Waals surface area (Å²) < 4.78 is 20.2. The SMILES string of the molecule is CCOC(=O)Cc1nsc2ccc(N)cc12.CCOC(=O)Cc1nsc2ccc(NOO)cc12.[Fe]. The molecular weight excluding hydrogens is 536 g/mol. The van der Waals surface area contributed by atoms with Crippen LogP contribution in [0.15, 0.2) is 36.4 Å². The van der Waals surface area contributed by atoms with Crippen molar-refractivity contribution in [3.63, 3.8) is 0 Å². The molecule has 4 N–H and O–H groups in total. The van der Waals surface area contributed by atoms with Gasteiger partial charge in [-0.2, -0.15) is 8.75 Å². The number of nitrogens with zero attached hydrogens (tertiary/aromatic N) is 2. The Hall–Kier alpha value is -2.80. The number of ether oxygens (including phenoxy) is 2. The maximum atomic E-state index is 11.4. The number of esters is 2. The standard InChI is InChI=1S/C11H12N2O4S.C11H12N2O2S.Fe/c1-2-16-11(14)6-9-8-5-7(12-17-15)3-4-10(8)18-13-9;1-2-15-11(14)6-9-8-5-7(12)3-4-10(8)16-13-9;/h3-5,12,15H,2,6H2,1H3;3-5H,2,6,12H2,1H3;. The fourth-order valence-electron chi connectivity index (χ4n) is 3.06. The van der Waals surface area contributed by atoms with Crippen molar-refractivity contribution in [2.75, 3.05) is 24.4 Å². The second-order valence-electron chi connectivity index (χ2n) is 6.88. The molecule has 0 atom stereocenters. The molecule has 0 fully saturated rings. The average molecular weight is 560 g/mol. The van der Waals surface area contributed by atoms with Crippen LogP contribution in [0.5, 0.6) is 0 Å². The second kappa shape index (κ2) is 13.9. The number of anilines is 2. The van der Waals surface area contributed by atoms with Crippen LogP contribution < -0.4 is 11.2 Å². The van der Waals surface area contributed by atoms with Crippen LogP contribution in [0.4, 0.5) is 11.4 Å². The van der Waals surface area contributed by atoms with Crippen LogP contribution in [-0.2, 0) is 54.0 Å². The summed E-state index contributed by atoms with van der Waals surface area (Å²) in [6.07, 6.45) is 0.342. The molecular formula is C22H24FeN4O6S2. The molecule has 2 aromatic heterocycles. The third kappa shape index (κ3) is 7.85. The van der Waals surface area contributed by atoms with Crippen molar-refractivity contribution in [1.82, 2.24) is 8.75 Å². The van der Waals surface area contributed by atoms with E-state index in [0.717, 1.165) is 25.9 Å². The Balaban J connectivity index is 0.000000241. The van der Waals surface area contributed by atoms with Crippen LogP contribution in [0.3, 0.4) is 0 Å². The normalized spacial score (nSPS) is 10.3. The molecule has 0 saturated heterocycles. The smallest absolute Gasteiger partial charge is 0.311 e. The molecule has 0 aliphatic carbocycles. The van der Waals surface area contributed by atoms with Crippen LogP contribution in [0.2, 0.25) is 0 Å². The Bertz CT molecular complexity index is 1280. The van der Waals surface area contributed by atoms with E-state index in [2.05, 4.69) is 19.2 Å². The van der Waals surface area contributed by atoms with Gasteiger partial charge in [0.25, 0.3) is 0 Å². The van der Waals surface area contributed by atoms with Crippen LogP contribution in [0.25, 0.3) is 20.2 Å². The van der Waals surface area contributed by atoms with Crippen LogP contribution in [0, 0.1) is 0 Å². The topological polar surface area (TPSA) is 146 Å². The van der Waals surface area contributed by atoms with Gasteiger partial charge in [0.1, 0.15) is 0 Å². The summed E-state index contributed by atoms with van der Waals surface area (Å²) in [4.78, 5) is 26.6. The summed E-state index contributed by atoms with van der Waals surface area (Å²) in [6, 6.07) is 10.9. The van der Waals surface area contributed by atoms with E-state index in [4.69, 9.17) is 20.5 Å². The van der Waals surface area contributed by atoms with Crippen molar-refractivity contribution in [2.45, 2.75) is 26.7 Å². The van der Waals surface area contributed by atoms with E-state index in [1.165, 1.54) is 23.1 Å². The molecule has 4 aromatic rings. The molecule has 0 aliphatic rings. The minimum atomic E-state index is -0.304. The summed E-state index contributed by atoms with van der Waals surface area (Å²) in [6.45, 7) is 4.29. The van der Waals surface area contributed by atoms with Gasteiger partial charge in [-0.05, 0) is 73.3 Å². The third-order valence-corrected chi connectivity index (χ3v) is 6.24. The zero-order chi connectivity index (χ0) is 24.5. The quantitative estimate of drug-likeness (QED) is 0.0942. The first-order chi connectivity index (χ1) is 16.4. The zero-order valence-corrected chi connectivity index (χ0v) is 21.7. The first-order valence-corrected chi connectivity index (χ1v) is 11.9. The van der Waals surface area contributed by atoms with Gasteiger partial charge < -0.3 is 15.2 Å².